The third kappa shape index (κ3) is 3.51. The maximum absolute atomic E-state index is 5.87. The molecule has 1 aromatic carbocycles. The fourth-order valence-electron chi connectivity index (χ4n) is 1.98. The smallest absolute Gasteiger partial charge is 0.164 e. The van der Waals surface area contributed by atoms with Crippen LogP contribution in [0.15, 0.2) is 28.8 Å². The zero-order valence-corrected chi connectivity index (χ0v) is 11.9. The Morgan fingerprint density at radius 1 is 1.30 bits per heavy atom. The van der Waals surface area contributed by atoms with Crippen molar-refractivity contribution in [2.45, 2.75) is 26.9 Å². The second-order valence-corrected chi connectivity index (χ2v) is 4.43. The predicted molar refractivity (Wildman–Crippen MR) is 75.9 cm³/mol. The topological polar surface area (TPSA) is 70.5 Å². The van der Waals surface area contributed by atoms with E-state index in [0.717, 1.165) is 34.9 Å². The van der Waals surface area contributed by atoms with Gasteiger partial charge in [-0.1, -0.05) is 17.3 Å². The number of para-hydroxylation sites is 1. The van der Waals surface area contributed by atoms with E-state index in [-0.39, 0.29) is 0 Å². The average molecular weight is 276 g/mol. The van der Waals surface area contributed by atoms with Gasteiger partial charge in [0, 0.05) is 6.07 Å². The highest BCUT2D eigenvalue weighted by atomic mass is 16.5. The Morgan fingerprint density at radius 3 is 2.80 bits per heavy atom. The van der Waals surface area contributed by atoms with E-state index in [9.17, 15) is 0 Å². The van der Waals surface area contributed by atoms with Crippen LogP contribution in [0, 0.1) is 6.92 Å². The summed E-state index contributed by atoms with van der Waals surface area (Å²) < 4.78 is 16.5. The second kappa shape index (κ2) is 6.96. The van der Waals surface area contributed by atoms with Crippen molar-refractivity contribution in [3.05, 3.63) is 41.3 Å². The van der Waals surface area contributed by atoms with Gasteiger partial charge in [0.05, 0.1) is 6.61 Å². The largest absolute Gasteiger partial charge is 0.490 e. The molecule has 5 heteroatoms. The minimum absolute atomic E-state index is 0.346. The van der Waals surface area contributed by atoms with E-state index in [1.165, 1.54) is 0 Å². The van der Waals surface area contributed by atoms with E-state index in [1.807, 2.05) is 38.1 Å². The van der Waals surface area contributed by atoms with Crippen LogP contribution in [0.25, 0.3) is 0 Å². The Bertz CT molecular complexity index is 528. The molecule has 2 aromatic rings. The van der Waals surface area contributed by atoms with Crippen molar-refractivity contribution in [3.8, 4) is 11.5 Å². The number of ether oxygens (including phenoxy) is 2. The molecule has 0 fully saturated rings. The van der Waals surface area contributed by atoms with Crippen LogP contribution in [0.4, 0.5) is 0 Å². The van der Waals surface area contributed by atoms with Crippen molar-refractivity contribution < 1.29 is 14.0 Å². The summed E-state index contributed by atoms with van der Waals surface area (Å²) in [6.07, 6.45) is 0.744. The van der Waals surface area contributed by atoms with Crippen LogP contribution < -0.4 is 15.2 Å². The highest BCUT2D eigenvalue weighted by Gasteiger charge is 2.12. The molecule has 0 aliphatic carbocycles. The van der Waals surface area contributed by atoms with Gasteiger partial charge in [0.1, 0.15) is 18.1 Å². The molecular weight excluding hydrogens is 256 g/mol. The summed E-state index contributed by atoms with van der Waals surface area (Å²) in [5, 5.41) is 3.92. The van der Waals surface area contributed by atoms with Gasteiger partial charge in [-0.05, 0) is 38.4 Å². The maximum Gasteiger partial charge on any atom is 0.164 e. The predicted octanol–water partition coefficient (Wildman–Crippen LogP) is 2.46. The molecule has 1 aromatic heterocycles. The minimum Gasteiger partial charge on any atom is -0.490 e. The molecule has 0 aliphatic heterocycles. The van der Waals surface area contributed by atoms with Gasteiger partial charge < -0.3 is 19.7 Å². The highest BCUT2D eigenvalue weighted by Crippen LogP contribution is 2.32. The Balaban J connectivity index is 2.18. The molecule has 5 nitrogen and oxygen atoms in total. The van der Waals surface area contributed by atoms with Crippen molar-refractivity contribution in [1.82, 2.24) is 5.16 Å². The van der Waals surface area contributed by atoms with Crippen LogP contribution in [-0.4, -0.2) is 18.3 Å². The first-order valence-electron chi connectivity index (χ1n) is 6.74. The van der Waals surface area contributed by atoms with Crippen molar-refractivity contribution in [3.63, 3.8) is 0 Å². The Kier molecular flexibility index (Phi) is 5.01. The standard InChI is InChI=1S/C15H20N2O3/c1-3-18-14-6-4-5-12(7-8-16)15(14)19-10-13-9-11(2)20-17-13/h4-6,9H,3,7-8,10,16H2,1-2H3. The number of rotatable bonds is 7. The lowest BCUT2D eigenvalue weighted by Crippen LogP contribution is -2.07. The van der Waals surface area contributed by atoms with E-state index in [4.69, 9.17) is 19.7 Å². The van der Waals surface area contributed by atoms with E-state index in [0.29, 0.717) is 19.8 Å². The molecule has 0 amide bonds. The molecule has 2 N–H and O–H groups in total. The summed E-state index contributed by atoms with van der Waals surface area (Å²) in [5.41, 5.74) is 7.44. The molecule has 20 heavy (non-hydrogen) atoms. The zero-order valence-electron chi connectivity index (χ0n) is 11.9. The van der Waals surface area contributed by atoms with Gasteiger partial charge in [0.15, 0.2) is 11.5 Å². The van der Waals surface area contributed by atoms with Gasteiger partial charge in [-0.3, -0.25) is 0 Å². The Labute approximate surface area is 118 Å². The third-order valence-electron chi connectivity index (χ3n) is 2.82. The lowest BCUT2D eigenvalue weighted by atomic mass is 10.1. The number of hydrogen-bond acceptors (Lipinski definition) is 5. The van der Waals surface area contributed by atoms with Crippen LogP contribution in [-0.2, 0) is 13.0 Å². The molecule has 0 aliphatic rings. The van der Waals surface area contributed by atoms with Crippen LogP contribution in [0.5, 0.6) is 11.5 Å². The van der Waals surface area contributed by atoms with E-state index >= 15 is 0 Å². The molecular formula is C15H20N2O3. The van der Waals surface area contributed by atoms with Gasteiger partial charge in [0.25, 0.3) is 0 Å². The van der Waals surface area contributed by atoms with Crippen LogP contribution in [0.2, 0.25) is 0 Å². The van der Waals surface area contributed by atoms with E-state index in [2.05, 4.69) is 5.16 Å². The lowest BCUT2D eigenvalue weighted by molar-refractivity contribution is 0.257. The van der Waals surface area contributed by atoms with Crippen LogP contribution in [0.1, 0.15) is 23.9 Å². The molecule has 1 heterocycles. The average Bonchev–Trinajstić information content (AvgIpc) is 2.84. The van der Waals surface area contributed by atoms with E-state index < -0.39 is 0 Å². The van der Waals surface area contributed by atoms with Gasteiger partial charge in [-0.2, -0.15) is 0 Å². The number of aryl methyl sites for hydroxylation is 1. The number of nitrogens with two attached hydrogens (primary N) is 1. The normalized spacial score (nSPS) is 10.6. The van der Waals surface area contributed by atoms with Gasteiger partial charge in [-0.15, -0.1) is 0 Å². The SMILES string of the molecule is CCOc1cccc(CCN)c1OCc1cc(C)on1. The summed E-state index contributed by atoms with van der Waals surface area (Å²) in [5.74, 6) is 2.24. The molecule has 0 unspecified atom stereocenters. The second-order valence-electron chi connectivity index (χ2n) is 4.43. The van der Waals surface area contributed by atoms with Crippen LogP contribution >= 0.6 is 0 Å². The molecule has 0 saturated heterocycles. The Morgan fingerprint density at radius 2 is 2.15 bits per heavy atom. The van der Waals surface area contributed by atoms with Crippen LogP contribution in [0.3, 0.4) is 0 Å². The molecule has 108 valence electrons. The number of benzene rings is 1. The molecule has 0 bridgehead atoms. The number of nitrogens with zero attached hydrogens (tertiary/aromatic N) is 1. The molecule has 0 radical (unpaired) electrons. The summed E-state index contributed by atoms with van der Waals surface area (Å²) in [6.45, 7) is 5.30. The third-order valence-corrected chi connectivity index (χ3v) is 2.82. The molecule has 0 atom stereocenters. The monoisotopic (exact) mass is 276 g/mol. The van der Waals surface area contributed by atoms with Gasteiger partial charge in [-0.25, -0.2) is 0 Å². The molecule has 2 rings (SSSR count). The fourth-order valence-corrected chi connectivity index (χ4v) is 1.98. The fraction of sp³-hybridized carbons (Fsp3) is 0.400. The minimum atomic E-state index is 0.346. The number of hydrogen-bond donors (Lipinski definition) is 1. The van der Waals surface area contributed by atoms with Gasteiger partial charge in [0.2, 0.25) is 0 Å². The molecule has 0 saturated carbocycles. The van der Waals surface area contributed by atoms with Crippen molar-refractivity contribution in [2.75, 3.05) is 13.2 Å². The summed E-state index contributed by atoms with van der Waals surface area (Å²) in [4.78, 5) is 0. The highest BCUT2D eigenvalue weighted by molar-refractivity contribution is 5.47. The summed E-state index contributed by atoms with van der Waals surface area (Å²) >= 11 is 0. The zero-order chi connectivity index (χ0) is 14.4. The first kappa shape index (κ1) is 14.4. The van der Waals surface area contributed by atoms with E-state index in [1.54, 1.807) is 0 Å². The molecule has 0 spiro atoms. The van der Waals surface area contributed by atoms with Crippen molar-refractivity contribution >= 4 is 0 Å². The first-order valence-corrected chi connectivity index (χ1v) is 6.74. The summed E-state index contributed by atoms with van der Waals surface area (Å²) in [6, 6.07) is 7.70. The van der Waals surface area contributed by atoms with Crippen molar-refractivity contribution in [1.29, 1.82) is 0 Å². The Hall–Kier alpha value is -2.01. The lowest BCUT2D eigenvalue weighted by Gasteiger charge is -2.15. The van der Waals surface area contributed by atoms with Gasteiger partial charge >= 0.3 is 0 Å². The van der Waals surface area contributed by atoms with Crippen molar-refractivity contribution in [2.24, 2.45) is 5.73 Å². The number of aromatic nitrogens is 1. The quantitative estimate of drug-likeness (QED) is 0.841. The first-order chi connectivity index (χ1) is 9.74. The maximum atomic E-state index is 5.87. The summed E-state index contributed by atoms with van der Waals surface area (Å²) in [7, 11) is 0.